The van der Waals surface area contributed by atoms with Crippen LogP contribution in [0.25, 0.3) is 11.5 Å². The quantitative estimate of drug-likeness (QED) is 0.691. The van der Waals surface area contributed by atoms with Gasteiger partial charge in [-0.3, -0.25) is 10.1 Å². The summed E-state index contributed by atoms with van der Waals surface area (Å²) in [7, 11) is 1.55. The first-order valence-corrected chi connectivity index (χ1v) is 5.35. The minimum atomic E-state index is -0.546. The van der Waals surface area contributed by atoms with Crippen molar-refractivity contribution < 1.29 is 9.34 Å². The number of furan rings is 1. The summed E-state index contributed by atoms with van der Waals surface area (Å²) in [4.78, 5) is 18.2. The molecule has 2 aromatic rings. The zero-order valence-electron chi connectivity index (χ0n) is 8.68. The summed E-state index contributed by atoms with van der Waals surface area (Å²) in [6.45, 7) is 0. The Balaban J connectivity index is 2.70. The second-order valence-electron chi connectivity index (χ2n) is 3.02. The number of nitrogens with zero attached hydrogens (tertiary/aromatic N) is 3. The minimum absolute atomic E-state index is 0.131. The van der Waals surface area contributed by atoms with Crippen molar-refractivity contribution in [1.29, 1.82) is 0 Å². The largest absolute Gasteiger partial charge is 0.461 e. The van der Waals surface area contributed by atoms with E-state index in [-0.39, 0.29) is 17.2 Å². The summed E-state index contributed by atoms with van der Waals surface area (Å²) in [5, 5.41) is 13.7. The van der Waals surface area contributed by atoms with Gasteiger partial charge < -0.3 is 9.73 Å². The number of halogens is 1. The second-order valence-corrected chi connectivity index (χ2v) is 3.88. The highest BCUT2D eigenvalue weighted by molar-refractivity contribution is 9.10. The van der Waals surface area contributed by atoms with Crippen LogP contribution in [0.4, 0.5) is 11.5 Å². The van der Waals surface area contributed by atoms with Gasteiger partial charge in [0.2, 0.25) is 5.82 Å². The van der Waals surface area contributed by atoms with Crippen molar-refractivity contribution in [3.05, 3.63) is 33.2 Å². The molecule has 0 aromatic carbocycles. The van der Waals surface area contributed by atoms with Gasteiger partial charge in [-0.05, 0) is 22.0 Å². The fourth-order valence-electron chi connectivity index (χ4n) is 1.36. The Kier molecular flexibility index (Phi) is 3.05. The molecule has 88 valence electrons. The van der Waals surface area contributed by atoms with Gasteiger partial charge in [0.25, 0.3) is 0 Å². The first kappa shape index (κ1) is 11.5. The SMILES string of the molecule is CNc1ncnc(-c2occc2Br)c1[N+](=O)[O-]. The van der Waals surface area contributed by atoms with E-state index in [1.54, 1.807) is 13.1 Å². The molecule has 0 bridgehead atoms. The van der Waals surface area contributed by atoms with Gasteiger partial charge in [-0.15, -0.1) is 0 Å². The average molecular weight is 299 g/mol. The maximum absolute atomic E-state index is 11.0. The number of hydrogen-bond donors (Lipinski definition) is 1. The van der Waals surface area contributed by atoms with Crippen LogP contribution in [-0.2, 0) is 0 Å². The summed E-state index contributed by atoms with van der Waals surface area (Å²) >= 11 is 3.24. The van der Waals surface area contributed by atoms with E-state index in [0.717, 1.165) is 0 Å². The van der Waals surface area contributed by atoms with Crippen molar-refractivity contribution >= 4 is 27.4 Å². The Morgan fingerprint density at radius 1 is 1.53 bits per heavy atom. The Morgan fingerprint density at radius 3 is 2.82 bits per heavy atom. The smallest absolute Gasteiger partial charge is 0.340 e. The molecule has 0 atom stereocenters. The number of nitro groups is 1. The molecule has 0 spiro atoms. The standard InChI is InChI=1S/C9H7BrN4O3/c1-11-9-7(14(15)16)6(12-4-13-9)8-5(10)2-3-17-8/h2-4H,1H3,(H,11,12,13). The lowest BCUT2D eigenvalue weighted by Gasteiger charge is -2.03. The number of aromatic nitrogens is 2. The first-order chi connectivity index (χ1) is 8.15. The lowest BCUT2D eigenvalue weighted by atomic mass is 10.2. The zero-order valence-corrected chi connectivity index (χ0v) is 10.3. The summed E-state index contributed by atoms with van der Waals surface area (Å²) in [5.41, 5.74) is -0.0862. The maximum Gasteiger partial charge on any atom is 0.340 e. The van der Waals surface area contributed by atoms with E-state index >= 15 is 0 Å². The zero-order chi connectivity index (χ0) is 12.4. The van der Waals surface area contributed by atoms with Gasteiger partial charge in [-0.2, -0.15) is 0 Å². The minimum Gasteiger partial charge on any atom is -0.461 e. The van der Waals surface area contributed by atoms with E-state index in [1.807, 2.05) is 0 Å². The van der Waals surface area contributed by atoms with Crippen LogP contribution in [-0.4, -0.2) is 21.9 Å². The third-order valence-corrected chi connectivity index (χ3v) is 2.70. The first-order valence-electron chi connectivity index (χ1n) is 4.55. The van der Waals surface area contributed by atoms with E-state index in [9.17, 15) is 10.1 Å². The molecule has 0 amide bonds. The molecule has 0 fully saturated rings. The predicted molar refractivity (Wildman–Crippen MR) is 63.6 cm³/mol. The van der Waals surface area contributed by atoms with Crippen LogP contribution >= 0.6 is 15.9 Å². The lowest BCUT2D eigenvalue weighted by Crippen LogP contribution is -2.02. The van der Waals surface area contributed by atoms with E-state index in [4.69, 9.17) is 4.42 Å². The van der Waals surface area contributed by atoms with Gasteiger partial charge in [0.05, 0.1) is 15.7 Å². The topological polar surface area (TPSA) is 94.1 Å². The Morgan fingerprint density at radius 2 is 2.29 bits per heavy atom. The van der Waals surface area contributed by atoms with Crippen molar-refractivity contribution in [3.8, 4) is 11.5 Å². The third kappa shape index (κ3) is 1.98. The number of anilines is 1. The lowest BCUT2D eigenvalue weighted by molar-refractivity contribution is -0.383. The summed E-state index contributed by atoms with van der Waals surface area (Å²) < 4.78 is 5.77. The molecule has 2 aromatic heterocycles. The van der Waals surface area contributed by atoms with Gasteiger partial charge in [0, 0.05) is 7.05 Å². The van der Waals surface area contributed by atoms with Crippen LogP contribution in [0.2, 0.25) is 0 Å². The Hall–Kier alpha value is -1.96. The van der Waals surface area contributed by atoms with Crippen LogP contribution in [0, 0.1) is 10.1 Å². The molecule has 0 aliphatic heterocycles. The van der Waals surface area contributed by atoms with Gasteiger partial charge in [-0.25, -0.2) is 9.97 Å². The predicted octanol–water partition coefficient (Wildman–Crippen LogP) is 2.45. The fourth-order valence-corrected chi connectivity index (χ4v) is 1.75. The molecule has 1 N–H and O–H groups in total. The van der Waals surface area contributed by atoms with E-state index in [1.165, 1.54) is 12.6 Å². The highest BCUT2D eigenvalue weighted by atomic mass is 79.9. The number of hydrogen-bond acceptors (Lipinski definition) is 6. The summed E-state index contributed by atoms with van der Waals surface area (Å²) in [5.74, 6) is 0.443. The highest BCUT2D eigenvalue weighted by Crippen LogP contribution is 2.36. The highest BCUT2D eigenvalue weighted by Gasteiger charge is 2.26. The van der Waals surface area contributed by atoms with E-state index < -0.39 is 4.92 Å². The molecule has 2 heterocycles. The number of nitrogens with one attached hydrogen (secondary N) is 1. The molecule has 0 unspecified atom stereocenters. The maximum atomic E-state index is 11.0. The van der Waals surface area contributed by atoms with E-state index in [2.05, 4.69) is 31.2 Å². The van der Waals surface area contributed by atoms with Crippen molar-refractivity contribution in [1.82, 2.24) is 9.97 Å². The Labute approximate surface area is 104 Å². The molecular weight excluding hydrogens is 292 g/mol. The molecule has 0 aliphatic rings. The molecule has 0 radical (unpaired) electrons. The van der Waals surface area contributed by atoms with Crippen LogP contribution in [0.3, 0.4) is 0 Å². The van der Waals surface area contributed by atoms with Crippen molar-refractivity contribution in [2.75, 3.05) is 12.4 Å². The summed E-state index contributed by atoms with van der Waals surface area (Å²) in [6, 6.07) is 1.64. The number of rotatable bonds is 3. The normalized spacial score (nSPS) is 10.2. The van der Waals surface area contributed by atoms with Crippen molar-refractivity contribution in [2.24, 2.45) is 0 Å². The van der Waals surface area contributed by atoms with Gasteiger partial charge in [-0.1, -0.05) is 0 Å². The fraction of sp³-hybridized carbons (Fsp3) is 0.111. The molecule has 0 aliphatic carbocycles. The molecule has 8 heteroatoms. The average Bonchev–Trinajstić information content (AvgIpc) is 2.74. The van der Waals surface area contributed by atoms with Gasteiger partial charge in [0.15, 0.2) is 11.5 Å². The van der Waals surface area contributed by atoms with Crippen LogP contribution in [0.1, 0.15) is 0 Å². The van der Waals surface area contributed by atoms with Gasteiger partial charge >= 0.3 is 5.69 Å². The molecular formula is C9H7BrN4O3. The van der Waals surface area contributed by atoms with Crippen molar-refractivity contribution in [3.63, 3.8) is 0 Å². The second kappa shape index (κ2) is 4.50. The molecule has 0 saturated heterocycles. The molecule has 7 nitrogen and oxygen atoms in total. The van der Waals surface area contributed by atoms with Gasteiger partial charge in [0.1, 0.15) is 6.33 Å². The third-order valence-electron chi connectivity index (χ3n) is 2.07. The Bertz CT molecular complexity index is 569. The molecule has 17 heavy (non-hydrogen) atoms. The van der Waals surface area contributed by atoms with Crippen LogP contribution < -0.4 is 5.32 Å². The van der Waals surface area contributed by atoms with Crippen molar-refractivity contribution in [2.45, 2.75) is 0 Å². The molecule has 0 saturated carbocycles. The van der Waals surface area contributed by atoms with Crippen LogP contribution in [0.15, 0.2) is 27.5 Å². The van der Waals surface area contributed by atoms with E-state index in [0.29, 0.717) is 10.2 Å². The summed E-state index contributed by atoms with van der Waals surface area (Å²) in [6.07, 6.45) is 2.66. The monoisotopic (exact) mass is 298 g/mol. The molecule has 2 rings (SSSR count). The van der Waals surface area contributed by atoms with Crippen LogP contribution in [0.5, 0.6) is 0 Å².